The zero-order valence-electron chi connectivity index (χ0n) is 27.7. The average Bonchev–Trinajstić information content (AvgIpc) is 3.20. The summed E-state index contributed by atoms with van der Waals surface area (Å²) in [6, 6.07) is 8.71. The van der Waals surface area contributed by atoms with Gasteiger partial charge in [0.15, 0.2) is 0 Å². The Kier molecular flexibility index (Phi) is 10.1. The number of hydrogen-bond acceptors (Lipinski definition) is 6. The van der Waals surface area contributed by atoms with Crippen LogP contribution in [0.5, 0.6) is 5.75 Å². The van der Waals surface area contributed by atoms with E-state index < -0.39 is 24.1 Å². The molecule has 7 nitrogen and oxygen atoms in total. The lowest BCUT2D eigenvalue weighted by Gasteiger charge is -2.69. The molecule has 0 saturated heterocycles. The zero-order chi connectivity index (χ0) is 32.6. The molecule has 4 saturated carbocycles. The van der Waals surface area contributed by atoms with E-state index in [4.69, 9.17) is 9.84 Å². The monoisotopic (exact) mass is 610 g/mol. The van der Waals surface area contributed by atoms with E-state index in [-0.39, 0.29) is 40.1 Å². The summed E-state index contributed by atoms with van der Waals surface area (Å²) in [6.45, 7) is 14.5. The maximum atomic E-state index is 12.6. The number of aliphatic hydroxyl groups excluding tert-OH is 2. The molecule has 0 heterocycles. The van der Waals surface area contributed by atoms with Crippen molar-refractivity contribution in [1.29, 1.82) is 0 Å². The number of hydrogen-bond donors (Lipinski definition) is 4. The fourth-order valence-electron chi connectivity index (χ4n) is 10.2. The molecule has 1 aromatic carbocycles. The van der Waals surface area contributed by atoms with Crippen LogP contribution in [-0.4, -0.2) is 50.7 Å². The van der Waals surface area contributed by atoms with Gasteiger partial charge >= 0.3 is 11.9 Å². The largest absolute Gasteiger partial charge is 0.508 e. The second-order valence-corrected chi connectivity index (χ2v) is 15.0. The number of allylic oxidation sites excluding steroid dienone is 2. The van der Waals surface area contributed by atoms with Crippen LogP contribution in [0.2, 0.25) is 0 Å². The minimum Gasteiger partial charge on any atom is -0.508 e. The number of carboxylic acid groups (broad SMARTS) is 1. The molecule has 0 amide bonds. The van der Waals surface area contributed by atoms with Crippen LogP contribution < -0.4 is 0 Å². The lowest BCUT2D eigenvalue weighted by Crippen LogP contribution is -2.65. The number of carbonyl (C=O) groups is 2. The third-order valence-electron chi connectivity index (χ3n) is 12.3. The van der Waals surface area contributed by atoms with E-state index in [2.05, 4.69) is 27.7 Å². The van der Waals surface area contributed by atoms with E-state index in [0.29, 0.717) is 42.9 Å². The van der Waals surface area contributed by atoms with Crippen molar-refractivity contribution in [2.45, 2.75) is 118 Å². The Bertz CT molecular complexity index is 1270. The van der Waals surface area contributed by atoms with Crippen LogP contribution in [0.3, 0.4) is 0 Å². The second-order valence-electron chi connectivity index (χ2n) is 15.0. The zero-order valence-corrected chi connectivity index (χ0v) is 27.7. The molecule has 44 heavy (non-hydrogen) atoms. The molecule has 4 aliphatic carbocycles. The van der Waals surface area contributed by atoms with Crippen molar-refractivity contribution in [2.75, 3.05) is 0 Å². The first-order valence-electron chi connectivity index (χ1n) is 16.4. The van der Waals surface area contributed by atoms with Crippen molar-refractivity contribution in [3.63, 3.8) is 0 Å². The topological polar surface area (TPSA) is 124 Å². The highest BCUT2D eigenvalue weighted by Crippen LogP contribution is 2.74. The number of ether oxygens (including phenoxy) is 1. The van der Waals surface area contributed by atoms with Crippen LogP contribution in [-0.2, 0) is 14.3 Å². The molecule has 0 bridgehead atoms. The first-order chi connectivity index (χ1) is 20.6. The van der Waals surface area contributed by atoms with Gasteiger partial charge in [0.1, 0.15) is 11.9 Å². The number of phenolic OH excluding ortho intramolecular Hbond substituents is 1. The lowest BCUT2D eigenvalue weighted by molar-refractivity contribution is -0.234. The summed E-state index contributed by atoms with van der Waals surface area (Å²) in [5.41, 5.74) is 1.57. The van der Waals surface area contributed by atoms with E-state index in [1.54, 1.807) is 24.3 Å². The fourth-order valence-corrected chi connectivity index (χ4v) is 10.2. The number of phenols is 1. The van der Waals surface area contributed by atoms with Crippen LogP contribution in [0.25, 0.3) is 0 Å². The highest BCUT2D eigenvalue weighted by Gasteiger charge is 2.70. The number of para-hydroxylation sites is 1. The van der Waals surface area contributed by atoms with Crippen molar-refractivity contribution in [2.24, 2.45) is 39.9 Å². The Hall–Kier alpha value is -2.64. The van der Waals surface area contributed by atoms with E-state index in [1.165, 1.54) is 6.92 Å². The molecule has 0 unspecified atom stereocenters. The third kappa shape index (κ3) is 6.11. The molecule has 4 N–H and O–H groups in total. The molecule has 0 aromatic heterocycles. The molecule has 4 aliphatic rings. The summed E-state index contributed by atoms with van der Waals surface area (Å²) in [4.78, 5) is 24.8. The number of aromatic hydroxyl groups is 1. The Labute approximate surface area is 263 Å². The summed E-state index contributed by atoms with van der Waals surface area (Å²) < 4.78 is 5.87. The third-order valence-corrected chi connectivity index (χ3v) is 12.3. The molecule has 0 spiro atoms. The molecule has 244 valence electrons. The van der Waals surface area contributed by atoms with Gasteiger partial charge < -0.3 is 25.2 Å². The summed E-state index contributed by atoms with van der Waals surface area (Å²) in [6.07, 6.45) is 6.22. The van der Waals surface area contributed by atoms with Gasteiger partial charge in [-0.15, -0.1) is 0 Å². The molecule has 0 radical (unpaired) electrons. The van der Waals surface area contributed by atoms with Crippen LogP contribution >= 0.6 is 0 Å². The van der Waals surface area contributed by atoms with Crippen LogP contribution in [0.4, 0.5) is 0 Å². The van der Waals surface area contributed by atoms with Crippen LogP contribution in [0, 0.1) is 39.9 Å². The maximum Gasteiger partial charge on any atom is 0.331 e. The van der Waals surface area contributed by atoms with Crippen molar-refractivity contribution in [1.82, 2.24) is 0 Å². The summed E-state index contributed by atoms with van der Waals surface area (Å²) >= 11 is 0. The Morgan fingerprint density at radius 2 is 1.64 bits per heavy atom. The minimum absolute atomic E-state index is 0.0474. The Morgan fingerprint density at radius 1 is 0.977 bits per heavy atom. The lowest BCUT2D eigenvalue weighted by atomic mass is 9.36. The van der Waals surface area contributed by atoms with Gasteiger partial charge in [0.25, 0.3) is 0 Å². The molecule has 10 atom stereocenters. The maximum absolute atomic E-state index is 12.6. The Balaban J connectivity index is 0.000000555. The second kappa shape index (κ2) is 13.0. The Morgan fingerprint density at radius 3 is 2.18 bits per heavy atom. The predicted octanol–water partition coefficient (Wildman–Crippen LogP) is 7.06. The van der Waals surface area contributed by atoms with Gasteiger partial charge in [-0.3, -0.25) is 4.79 Å². The van der Waals surface area contributed by atoms with Crippen molar-refractivity contribution >= 4 is 11.9 Å². The molecule has 5 rings (SSSR count). The number of aliphatic carboxylic acids is 1. The average molecular weight is 611 g/mol. The predicted molar refractivity (Wildman–Crippen MR) is 171 cm³/mol. The summed E-state index contributed by atoms with van der Waals surface area (Å²) in [5.74, 6) is -0.588. The van der Waals surface area contributed by atoms with Gasteiger partial charge in [-0.2, -0.15) is 0 Å². The standard InChI is InChI=1S/C31H48O6.C6H6O/c1-17(2)9-8-10-20(28(35)36)26-22-15-24(34)27-29(5)13-12-23(33)18(3)21(29)11-14-30(27,6)31(22,7)16-25(26)37-19(4)32;7-6-4-2-1-3-5-6/h9,18,21-25,27,33-34H,8,10-16H2,1-7H3,(H,35,36);1-5,7H/b26-20-;/t18-,21-,22-,23+,24+,25-,27-,29-,30-,31-;/m0./s1. The first-order valence-corrected chi connectivity index (χ1v) is 16.4. The van der Waals surface area contributed by atoms with Gasteiger partial charge in [0, 0.05) is 12.5 Å². The summed E-state index contributed by atoms with van der Waals surface area (Å²) in [5, 5.41) is 41.5. The van der Waals surface area contributed by atoms with Gasteiger partial charge in [-0.1, -0.05) is 57.5 Å². The normalized spacial score (nSPS) is 40.2. The SMILES string of the molecule is CC(=O)O[C@H]1C[C@@]2(C)[C@@H](C[C@@H](O)[C@H]3[C@@]4(C)CC[C@@H](O)[C@@H](C)[C@@H]4CC[C@@]32C)/C1=C(\CCC=C(C)C)C(=O)O.Oc1ccccc1. The van der Waals surface area contributed by atoms with Crippen molar-refractivity contribution < 1.29 is 34.8 Å². The van der Waals surface area contributed by atoms with E-state index in [1.807, 2.05) is 26.0 Å². The van der Waals surface area contributed by atoms with Gasteiger partial charge in [0.05, 0.1) is 12.2 Å². The fraction of sp³-hybridized carbons (Fsp3) is 0.676. The molecular weight excluding hydrogens is 556 g/mol. The number of carboxylic acids is 1. The van der Waals surface area contributed by atoms with Gasteiger partial charge in [-0.25, -0.2) is 4.79 Å². The van der Waals surface area contributed by atoms with Crippen molar-refractivity contribution in [3.8, 4) is 5.75 Å². The van der Waals surface area contributed by atoms with E-state index >= 15 is 0 Å². The minimum atomic E-state index is -0.953. The summed E-state index contributed by atoms with van der Waals surface area (Å²) in [7, 11) is 0. The van der Waals surface area contributed by atoms with E-state index in [9.17, 15) is 24.9 Å². The number of esters is 1. The van der Waals surface area contributed by atoms with Crippen LogP contribution in [0.15, 0.2) is 53.1 Å². The molecule has 1 aromatic rings. The smallest absolute Gasteiger partial charge is 0.331 e. The molecule has 4 fully saturated rings. The first kappa shape index (κ1) is 34.2. The highest BCUT2D eigenvalue weighted by atomic mass is 16.5. The van der Waals surface area contributed by atoms with Crippen molar-refractivity contribution in [3.05, 3.63) is 53.1 Å². The van der Waals surface area contributed by atoms with Crippen LogP contribution in [0.1, 0.15) is 99.8 Å². The van der Waals surface area contributed by atoms with Gasteiger partial charge in [0.2, 0.25) is 0 Å². The van der Waals surface area contributed by atoms with E-state index in [0.717, 1.165) is 36.8 Å². The number of rotatable bonds is 5. The number of fused-ring (bicyclic) bond motifs is 5. The molecule has 0 aliphatic heterocycles. The highest BCUT2D eigenvalue weighted by molar-refractivity contribution is 5.88. The number of benzene rings is 1. The van der Waals surface area contributed by atoms with Gasteiger partial charge in [-0.05, 0) is 123 Å². The number of carbonyl (C=O) groups excluding carboxylic acids is 1. The molecule has 7 heteroatoms. The molecular formula is C37H54O7. The number of aliphatic hydroxyl groups is 2. The quantitative estimate of drug-likeness (QED) is 0.160.